The van der Waals surface area contributed by atoms with E-state index in [4.69, 9.17) is 4.74 Å². The first-order valence-electron chi connectivity index (χ1n) is 6.84. The van der Waals surface area contributed by atoms with Gasteiger partial charge in [0.25, 0.3) is 0 Å². The molecule has 0 saturated heterocycles. The molecule has 0 saturated carbocycles. The SMILES string of the molecule is CCOCC(NS(=O)(=O)c1cc(CNC)sc1Br)C(C)C. The van der Waals surface area contributed by atoms with E-state index in [2.05, 4.69) is 26.0 Å². The van der Waals surface area contributed by atoms with Crippen LogP contribution in [-0.2, 0) is 21.3 Å². The minimum atomic E-state index is -3.56. The van der Waals surface area contributed by atoms with Crippen molar-refractivity contribution in [2.75, 3.05) is 20.3 Å². The van der Waals surface area contributed by atoms with E-state index < -0.39 is 10.0 Å². The summed E-state index contributed by atoms with van der Waals surface area (Å²) in [6.45, 7) is 7.43. The van der Waals surface area contributed by atoms with Crippen LogP contribution >= 0.6 is 27.3 Å². The third-order valence-corrected chi connectivity index (χ3v) is 6.70. The summed E-state index contributed by atoms with van der Waals surface area (Å²) < 4.78 is 33.8. The quantitative estimate of drug-likeness (QED) is 0.670. The Hall–Kier alpha value is 0.01000. The summed E-state index contributed by atoms with van der Waals surface area (Å²) in [7, 11) is -1.73. The van der Waals surface area contributed by atoms with Gasteiger partial charge in [0.15, 0.2) is 0 Å². The van der Waals surface area contributed by atoms with Crippen LogP contribution in [0, 0.1) is 5.92 Å². The molecular weight excluding hydrogens is 376 g/mol. The van der Waals surface area contributed by atoms with E-state index in [1.165, 1.54) is 11.3 Å². The van der Waals surface area contributed by atoms with E-state index in [1.807, 2.05) is 27.8 Å². The molecule has 1 aromatic heterocycles. The van der Waals surface area contributed by atoms with Crippen LogP contribution < -0.4 is 10.0 Å². The lowest BCUT2D eigenvalue weighted by Gasteiger charge is -2.21. The van der Waals surface area contributed by atoms with Gasteiger partial charge in [0.05, 0.1) is 10.4 Å². The molecule has 21 heavy (non-hydrogen) atoms. The topological polar surface area (TPSA) is 67.4 Å². The van der Waals surface area contributed by atoms with E-state index in [9.17, 15) is 8.42 Å². The molecule has 0 amide bonds. The van der Waals surface area contributed by atoms with Crippen LogP contribution in [0.5, 0.6) is 0 Å². The maximum absolute atomic E-state index is 12.5. The molecule has 0 spiro atoms. The zero-order valence-corrected chi connectivity index (χ0v) is 16.0. The number of nitrogens with one attached hydrogen (secondary N) is 2. The first-order valence-corrected chi connectivity index (χ1v) is 9.94. The number of rotatable bonds is 9. The summed E-state index contributed by atoms with van der Waals surface area (Å²) in [6, 6.07) is 1.46. The van der Waals surface area contributed by atoms with Gasteiger partial charge in [-0.15, -0.1) is 11.3 Å². The summed E-state index contributed by atoms with van der Waals surface area (Å²) in [6.07, 6.45) is 0. The Labute approximate surface area is 139 Å². The number of halogens is 1. The van der Waals surface area contributed by atoms with Crippen LogP contribution in [0.3, 0.4) is 0 Å². The minimum Gasteiger partial charge on any atom is -0.380 e. The van der Waals surface area contributed by atoms with Gasteiger partial charge < -0.3 is 10.1 Å². The molecule has 5 nitrogen and oxygen atoms in total. The van der Waals surface area contributed by atoms with E-state index in [1.54, 1.807) is 6.07 Å². The van der Waals surface area contributed by atoms with Gasteiger partial charge in [-0.1, -0.05) is 13.8 Å². The van der Waals surface area contributed by atoms with Crippen molar-refractivity contribution in [2.45, 2.75) is 38.3 Å². The fraction of sp³-hybridized carbons (Fsp3) is 0.692. The third-order valence-electron chi connectivity index (χ3n) is 2.96. The predicted molar refractivity (Wildman–Crippen MR) is 90.2 cm³/mol. The van der Waals surface area contributed by atoms with Crippen molar-refractivity contribution in [3.8, 4) is 0 Å². The highest BCUT2D eigenvalue weighted by Crippen LogP contribution is 2.31. The number of hydrogen-bond acceptors (Lipinski definition) is 5. The van der Waals surface area contributed by atoms with E-state index in [-0.39, 0.29) is 12.0 Å². The lowest BCUT2D eigenvalue weighted by molar-refractivity contribution is 0.116. The van der Waals surface area contributed by atoms with Crippen molar-refractivity contribution in [2.24, 2.45) is 5.92 Å². The Morgan fingerprint density at radius 3 is 2.62 bits per heavy atom. The molecular formula is C13H23BrN2O3S2. The number of sulfonamides is 1. The highest BCUT2D eigenvalue weighted by molar-refractivity contribution is 9.11. The monoisotopic (exact) mass is 398 g/mol. The molecule has 0 aliphatic rings. The molecule has 1 unspecified atom stereocenters. The second-order valence-electron chi connectivity index (χ2n) is 5.01. The largest absolute Gasteiger partial charge is 0.380 e. The first-order chi connectivity index (χ1) is 9.81. The van der Waals surface area contributed by atoms with Gasteiger partial charge in [-0.05, 0) is 41.9 Å². The smallest absolute Gasteiger partial charge is 0.242 e. The fourth-order valence-corrected chi connectivity index (χ4v) is 5.78. The molecule has 8 heteroatoms. The standard InChI is InChI=1S/C13H23BrN2O3S2/c1-5-19-8-11(9(2)3)16-21(17,18)12-6-10(7-15-4)20-13(12)14/h6,9,11,15-16H,5,7-8H2,1-4H3. The molecule has 122 valence electrons. The van der Waals surface area contributed by atoms with Gasteiger partial charge in [0.1, 0.15) is 4.90 Å². The predicted octanol–water partition coefficient (Wildman–Crippen LogP) is 2.57. The summed E-state index contributed by atoms with van der Waals surface area (Å²) in [5, 5.41) is 3.02. The molecule has 0 bridgehead atoms. The second kappa shape index (κ2) is 8.59. The van der Waals surface area contributed by atoms with Crippen LogP contribution in [0.25, 0.3) is 0 Å². The third kappa shape index (κ3) is 5.61. The van der Waals surface area contributed by atoms with E-state index in [0.29, 0.717) is 28.4 Å². The maximum atomic E-state index is 12.5. The Kier molecular flexibility index (Phi) is 7.80. The summed E-state index contributed by atoms with van der Waals surface area (Å²) >= 11 is 4.77. The average molecular weight is 399 g/mol. The van der Waals surface area contributed by atoms with Crippen molar-refractivity contribution in [1.82, 2.24) is 10.0 Å². The van der Waals surface area contributed by atoms with Gasteiger partial charge in [0, 0.05) is 24.1 Å². The van der Waals surface area contributed by atoms with Gasteiger partial charge >= 0.3 is 0 Å². The molecule has 1 rings (SSSR count). The van der Waals surface area contributed by atoms with Crippen molar-refractivity contribution in [1.29, 1.82) is 0 Å². The van der Waals surface area contributed by atoms with E-state index >= 15 is 0 Å². The van der Waals surface area contributed by atoms with Gasteiger partial charge in [0.2, 0.25) is 10.0 Å². The van der Waals surface area contributed by atoms with Crippen molar-refractivity contribution in [3.63, 3.8) is 0 Å². The minimum absolute atomic E-state index is 0.153. The Bertz CT molecular complexity index is 544. The first kappa shape index (κ1) is 19.1. The molecule has 0 radical (unpaired) electrons. The summed E-state index contributed by atoms with van der Waals surface area (Å²) in [4.78, 5) is 1.26. The van der Waals surface area contributed by atoms with Crippen LogP contribution in [0.2, 0.25) is 0 Å². The molecule has 0 aliphatic heterocycles. The van der Waals surface area contributed by atoms with Crippen LogP contribution in [0.4, 0.5) is 0 Å². The Balaban J connectivity index is 2.93. The van der Waals surface area contributed by atoms with Crippen LogP contribution in [0.15, 0.2) is 14.7 Å². The zero-order chi connectivity index (χ0) is 16.0. The van der Waals surface area contributed by atoms with Crippen LogP contribution in [-0.4, -0.2) is 34.7 Å². The zero-order valence-electron chi connectivity index (χ0n) is 12.8. The molecule has 1 heterocycles. The highest BCUT2D eigenvalue weighted by Gasteiger charge is 2.26. The molecule has 1 aromatic rings. The normalized spacial score (nSPS) is 13.8. The van der Waals surface area contributed by atoms with Gasteiger partial charge in [-0.2, -0.15) is 0 Å². The molecule has 0 fully saturated rings. The second-order valence-corrected chi connectivity index (χ2v) is 9.15. The highest BCUT2D eigenvalue weighted by atomic mass is 79.9. The van der Waals surface area contributed by atoms with Crippen LogP contribution in [0.1, 0.15) is 25.6 Å². The summed E-state index contributed by atoms with van der Waals surface area (Å²) in [5.74, 6) is 0.153. The van der Waals surface area contributed by atoms with Gasteiger partial charge in [-0.3, -0.25) is 0 Å². The Morgan fingerprint density at radius 2 is 2.10 bits per heavy atom. The lowest BCUT2D eigenvalue weighted by Crippen LogP contribution is -2.41. The van der Waals surface area contributed by atoms with Crippen molar-refractivity contribution in [3.05, 3.63) is 14.7 Å². The maximum Gasteiger partial charge on any atom is 0.242 e. The van der Waals surface area contributed by atoms with Gasteiger partial charge in [-0.25, -0.2) is 13.1 Å². The molecule has 1 atom stereocenters. The van der Waals surface area contributed by atoms with Crippen molar-refractivity contribution >= 4 is 37.3 Å². The molecule has 2 N–H and O–H groups in total. The average Bonchev–Trinajstić information content (AvgIpc) is 2.76. The number of ether oxygens (including phenoxy) is 1. The van der Waals surface area contributed by atoms with Crippen molar-refractivity contribution < 1.29 is 13.2 Å². The lowest BCUT2D eigenvalue weighted by atomic mass is 10.1. The number of thiophene rings is 1. The molecule has 0 aliphatic carbocycles. The van der Waals surface area contributed by atoms with E-state index in [0.717, 1.165) is 4.88 Å². The number of hydrogen-bond donors (Lipinski definition) is 2. The summed E-state index contributed by atoms with van der Waals surface area (Å²) in [5.41, 5.74) is 0. The fourth-order valence-electron chi connectivity index (χ4n) is 1.71. The Morgan fingerprint density at radius 1 is 1.43 bits per heavy atom. The molecule has 0 aromatic carbocycles.